The summed E-state index contributed by atoms with van der Waals surface area (Å²) in [6.45, 7) is 2.62. The summed E-state index contributed by atoms with van der Waals surface area (Å²) in [6, 6.07) is 9.55. The molecule has 3 aromatic rings. The van der Waals surface area contributed by atoms with Gasteiger partial charge in [0, 0.05) is 22.6 Å². The van der Waals surface area contributed by atoms with Gasteiger partial charge in [-0.25, -0.2) is 9.07 Å². The predicted molar refractivity (Wildman–Crippen MR) is 107 cm³/mol. The van der Waals surface area contributed by atoms with Crippen LogP contribution in [0.2, 0.25) is 10.0 Å². The fraction of sp³-hybridized carbons (Fsp3) is 0.222. The number of aromatic amines is 1. The van der Waals surface area contributed by atoms with Crippen molar-refractivity contribution in [3.05, 3.63) is 74.0 Å². The van der Waals surface area contributed by atoms with Gasteiger partial charge in [-0.2, -0.15) is 5.10 Å². The number of benzene rings is 2. The SMILES string of the molecule is CCc1n[nH]c(=S)n1NCc1cc(Cl)ccc1OCc1ccc(F)cc1Cl. The lowest BCUT2D eigenvalue weighted by Crippen LogP contribution is -2.17. The van der Waals surface area contributed by atoms with E-state index in [9.17, 15) is 4.39 Å². The minimum absolute atomic E-state index is 0.207. The summed E-state index contributed by atoms with van der Waals surface area (Å²) in [5, 5.41) is 7.83. The number of aryl methyl sites for hydroxylation is 1. The Labute approximate surface area is 171 Å². The van der Waals surface area contributed by atoms with E-state index in [0.717, 1.165) is 17.8 Å². The Balaban J connectivity index is 1.76. The Morgan fingerprint density at radius 3 is 2.78 bits per heavy atom. The zero-order valence-electron chi connectivity index (χ0n) is 14.4. The third-order valence-electron chi connectivity index (χ3n) is 3.91. The number of nitrogens with one attached hydrogen (secondary N) is 2. The molecule has 5 nitrogen and oxygen atoms in total. The molecule has 9 heteroatoms. The van der Waals surface area contributed by atoms with Gasteiger partial charge in [0.25, 0.3) is 0 Å². The second-order valence-electron chi connectivity index (χ2n) is 5.75. The first-order valence-corrected chi connectivity index (χ1v) is 9.39. The molecule has 0 atom stereocenters. The van der Waals surface area contributed by atoms with E-state index in [-0.39, 0.29) is 12.4 Å². The molecule has 0 aliphatic carbocycles. The summed E-state index contributed by atoms with van der Waals surface area (Å²) in [7, 11) is 0. The molecule has 27 heavy (non-hydrogen) atoms. The van der Waals surface area contributed by atoms with Gasteiger partial charge in [-0.1, -0.05) is 36.2 Å². The van der Waals surface area contributed by atoms with Crippen molar-refractivity contribution in [2.24, 2.45) is 0 Å². The normalized spacial score (nSPS) is 10.8. The predicted octanol–water partition coefficient (Wildman–Crippen LogP) is 5.27. The number of rotatable bonds is 7. The van der Waals surface area contributed by atoms with E-state index in [4.69, 9.17) is 40.2 Å². The van der Waals surface area contributed by atoms with Gasteiger partial charge in [0.05, 0.1) is 11.6 Å². The van der Waals surface area contributed by atoms with Crippen LogP contribution in [0, 0.1) is 10.6 Å². The number of nitrogens with zero attached hydrogens (tertiary/aromatic N) is 2. The summed E-state index contributed by atoms with van der Waals surface area (Å²) < 4.78 is 21.3. The van der Waals surface area contributed by atoms with Crippen molar-refractivity contribution >= 4 is 35.4 Å². The molecule has 0 amide bonds. The van der Waals surface area contributed by atoms with Crippen molar-refractivity contribution < 1.29 is 9.13 Å². The second kappa shape index (κ2) is 8.73. The van der Waals surface area contributed by atoms with Crippen molar-refractivity contribution in [2.45, 2.75) is 26.5 Å². The molecule has 2 aromatic carbocycles. The molecule has 0 spiro atoms. The number of hydrogen-bond donors (Lipinski definition) is 2. The number of hydrogen-bond acceptors (Lipinski definition) is 4. The maximum absolute atomic E-state index is 13.2. The molecule has 0 saturated carbocycles. The highest BCUT2D eigenvalue weighted by molar-refractivity contribution is 7.71. The van der Waals surface area contributed by atoms with Gasteiger partial charge >= 0.3 is 0 Å². The zero-order valence-corrected chi connectivity index (χ0v) is 16.8. The van der Waals surface area contributed by atoms with Crippen molar-refractivity contribution in [3.63, 3.8) is 0 Å². The first-order chi connectivity index (χ1) is 13.0. The van der Waals surface area contributed by atoms with Gasteiger partial charge in [-0.05, 0) is 42.5 Å². The fourth-order valence-corrected chi connectivity index (χ4v) is 3.15. The quantitative estimate of drug-likeness (QED) is 0.505. The van der Waals surface area contributed by atoms with Crippen LogP contribution in [-0.2, 0) is 19.6 Å². The van der Waals surface area contributed by atoms with E-state index in [2.05, 4.69) is 15.6 Å². The van der Waals surface area contributed by atoms with Gasteiger partial charge in [-0.3, -0.25) is 5.10 Å². The Morgan fingerprint density at radius 2 is 2.04 bits per heavy atom. The smallest absolute Gasteiger partial charge is 0.214 e. The number of ether oxygens (including phenoxy) is 1. The molecule has 0 fully saturated rings. The van der Waals surface area contributed by atoms with Crippen LogP contribution in [-0.4, -0.2) is 14.9 Å². The second-order valence-corrected chi connectivity index (χ2v) is 6.98. The van der Waals surface area contributed by atoms with Crippen LogP contribution in [0.3, 0.4) is 0 Å². The first-order valence-electron chi connectivity index (χ1n) is 8.23. The van der Waals surface area contributed by atoms with E-state index in [1.54, 1.807) is 22.9 Å². The van der Waals surface area contributed by atoms with E-state index in [1.807, 2.05) is 13.0 Å². The van der Waals surface area contributed by atoms with Gasteiger partial charge in [0.15, 0.2) is 5.82 Å². The maximum atomic E-state index is 13.2. The zero-order chi connectivity index (χ0) is 19.4. The molecule has 2 N–H and O–H groups in total. The highest BCUT2D eigenvalue weighted by Crippen LogP contribution is 2.26. The van der Waals surface area contributed by atoms with Gasteiger partial charge < -0.3 is 10.2 Å². The standard InChI is InChI=1S/C18H17Cl2FN4OS/c1-2-17-23-24-18(27)25(17)22-9-12-7-13(19)4-6-16(12)26-10-11-3-5-14(21)8-15(11)20/h3-8,22H,2,9-10H2,1H3,(H,24,27). The van der Waals surface area contributed by atoms with Gasteiger partial charge in [0.1, 0.15) is 18.2 Å². The number of aromatic nitrogens is 3. The van der Waals surface area contributed by atoms with Gasteiger partial charge in [-0.15, -0.1) is 0 Å². The number of H-pyrrole nitrogens is 1. The molecular formula is C18H17Cl2FN4OS. The minimum Gasteiger partial charge on any atom is -0.488 e. The van der Waals surface area contributed by atoms with Crippen molar-refractivity contribution in [1.29, 1.82) is 0 Å². The molecule has 1 aromatic heterocycles. The molecule has 0 aliphatic heterocycles. The molecule has 0 radical (unpaired) electrons. The average Bonchev–Trinajstić information content (AvgIpc) is 3.00. The summed E-state index contributed by atoms with van der Waals surface area (Å²) in [4.78, 5) is 0. The molecule has 0 bridgehead atoms. The van der Waals surface area contributed by atoms with Crippen LogP contribution in [0.15, 0.2) is 36.4 Å². The highest BCUT2D eigenvalue weighted by atomic mass is 35.5. The van der Waals surface area contributed by atoms with Crippen LogP contribution in [0.1, 0.15) is 23.9 Å². The minimum atomic E-state index is -0.385. The third kappa shape index (κ3) is 4.80. The summed E-state index contributed by atoms with van der Waals surface area (Å²) >= 11 is 17.4. The molecule has 1 heterocycles. The lowest BCUT2D eigenvalue weighted by atomic mass is 10.2. The molecular weight excluding hydrogens is 410 g/mol. The van der Waals surface area contributed by atoms with E-state index in [1.165, 1.54) is 12.1 Å². The van der Waals surface area contributed by atoms with E-state index >= 15 is 0 Å². The Kier molecular flexibility index (Phi) is 6.36. The van der Waals surface area contributed by atoms with Crippen LogP contribution >= 0.6 is 35.4 Å². The Morgan fingerprint density at radius 1 is 1.22 bits per heavy atom. The first kappa shape index (κ1) is 19.7. The van der Waals surface area contributed by atoms with Crippen LogP contribution in [0.5, 0.6) is 5.75 Å². The largest absolute Gasteiger partial charge is 0.488 e. The molecule has 3 rings (SSSR count). The van der Waals surface area contributed by atoms with E-state index in [0.29, 0.717) is 32.7 Å². The van der Waals surface area contributed by atoms with Gasteiger partial charge in [0.2, 0.25) is 4.77 Å². The summed E-state index contributed by atoms with van der Waals surface area (Å²) in [5.74, 6) is 1.05. The van der Waals surface area contributed by atoms with Crippen LogP contribution in [0.25, 0.3) is 0 Å². The monoisotopic (exact) mass is 426 g/mol. The summed E-state index contributed by atoms with van der Waals surface area (Å²) in [5.41, 5.74) is 4.75. The lowest BCUT2D eigenvalue weighted by Gasteiger charge is -2.15. The molecule has 0 unspecified atom stereocenters. The fourth-order valence-electron chi connectivity index (χ4n) is 2.52. The molecule has 0 saturated heterocycles. The molecule has 0 aliphatic rings. The van der Waals surface area contributed by atoms with Crippen LogP contribution in [0.4, 0.5) is 4.39 Å². The Hall–Kier alpha value is -2.09. The number of halogens is 3. The Bertz CT molecular complexity index is 1010. The molecule has 142 valence electrons. The average molecular weight is 427 g/mol. The van der Waals surface area contributed by atoms with Crippen LogP contribution < -0.4 is 10.2 Å². The summed E-state index contributed by atoms with van der Waals surface area (Å²) in [6.07, 6.45) is 0.724. The maximum Gasteiger partial charge on any atom is 0.214 e. The van der Waals surface area contributed by atoms with Crippen molar-refractivity contribution in [1.82, 2.24) is 14.9 Å². The van der Waals surface area contributed by atoms with E-state index < -0.39 is 0 Å². The topological polar surface area (TPSA) is 54.9 Å². The lowest BCUT2D eigenvalue weighted by molar-refractivity contribution is 0.303. The van der Waals surface area contributed by atoms with Crippen molar-refractivity contribution in [2.75, 3.05) is 5.43 Å². The highest BCUT2D eigenvalue weighted by Gasteiger charge is 2.10. The van der Waals surface area contributed by atoms with Crippen molar-refractivity contribution in [3.8, 4) is 5.75 Å². The third-order valence-corrected chi connectivity index (χ3v) is 4.77.